The second-order valence-corrected chi connectivity index (χ2v) is 3.97. The van der Waals surface area contributed by atoms with Gasteiger partial charge in [0.25, 0.3) is 0 Å². The van der Waals surface area contributed by atoms with Crippen molar-refractivity contribution in [3.63, 3.8) is 0 Å². The first-order valence-corrected chi connectivity index (χ1v) is 5.25. The number of nitrogens with zero attached hydrogens (tertiary/aromatic N) is 2. The van der Waals surface area contributed by atoms with Gasteiger partial charge in [-0.05, 0) is 20.2 Å². The largest absolute Gasteiger partial charge is 0.462 e. The molecule has 0 fully saturated rings. The first-order chi connectivity index (χ1) is 7.60. The molecule has 16 heavy (non-hydrogen) atoms. The molecule has 88 valence electrons. The molecular weight excluding hydrogens is 204 g/mol. The second kappa shape index (κ2) is 5.61. The van der Waals surface area contributed by atoms with Crippen molar-refractivity contribution in [2.24, 2.45) is 4.99 Å². The summed E-state index contributed by atoms with van der Waals surface area (Å²) in [6.45, 7) is 4.43. The van der Waals surface area contributed by atoms with Gasteiger partial charge in [0.1, 0.15) is 0 Å². The van der Waals surface area contributed by atoms with Crippen molar-refractivity contribution in [3.05, 3.63) is 24.8 Å². The van der Waals surface area contributed by atoms with Crippen molar-refractivity contribution in [1.82, 2.24) is 4.90 Å². The van der Waals surface area contributed by atoms with Crippen LogP contribution in [0.15, 0.2) is 29.8 Å². The molecule has 0 aromatic heterocycles. The van der Waals surface area contributed by atoms with Crippen molar-refractivity contribution < 1.29 is 9.53 Å². The highest BCUT2D eigenvalue weighted by Gasteiger charge is 2.30. The lowest BCUT2D eigenvalue weighted by Gasteiger charge is -2.37. The third-order valence-electron chi connectivity index (χ3n) is 2.80. The molecule has 0 aromatic carbocycles. The summed E-state index contributed by atoms with van der Waals surface area (Å²) < 4.78 is 5.00. The minimum Gasteiger partial charge on any atom is -0.462 e. The molecule has 4 heteroatoms. The minimum atomic E-state index is -0.378. The van der Waals surface area contributed by atoms with Gasteiger partial charge in [0, 0.05) is 18.7 Å². The van der Waals surface area contributed by atoms with Crippen molar-refractivity contribution in [2.45, 2.75) is 12.0 Å². The highest BCUT2D eigenvalue weighted by molar-refractivity contribution is 5.81. The Morgan fingerprint density at radius 3 is 2.94 bits per heavy atom. The number of ether oxygens (including phenoxy) is 1. The average Bonchev–Trinajstić information content (AvgIpc) is 2.30. The van der Waals surface area contributed by atoms with E-state index in [0.717, 1.165) is 6.42 Å². The topological polar surface area (TPSA) is 41.9 Å². The van der Waals surface area contributed by atoms with Gasteiger partial charge in [0.2, 0.25) is 0 Å². The number of likely N-dealkylation sites (N-methyl/N-ethyl adjacent to an activating group) is 1. The van der Waals surface area contributed by atoms with Crippen LogP contribution in [0.4, 0.5) is 0 Å². The van der Waals surface area contributed by atoms with Gasteiger partial charge in [-0.2, -0.15) is 0 Å². The summed E-state index contributed by atoms with van der Waals surface area (Å²) in [4.78, 5) is 17.3. The van der Waals surface area contributed by atoms with E-state index in [-0.39, 0.29) is 11.5 Å². The molecule has 1 unspecified atom stereocenters. The smallest absolute Gasteiger partial charge is 0.330 e. The molecular formula is C12H18N2O2. The Balaban J connectivity index is 2.53. The SMILES string of the molecule is C=CC(=O)OCCC1(N(C)C)C=CC=NC1. The maximum atomic E-state index is 10.9. The van der Waals surface area contributed by atoms with Gasteiger partial charge in [-0.3, -0.25) is 9.89 Å². The lowest BCUT2D eigenvalue weighted by molar-refractivity contribution is -0.138. The highest BCUT2D eigenvalue weighted by Crippen LogP contribution is 2.21. The number of hydrogen-bond donors (Lipinski definition) is 0. The van der Waals surface area contributed by atoms with Gasteiger partial charge < -0.3 is 4.74 Å². The Morgan fingerprint density at radius 2 is 2.44 bits per heavy atom. The van der Waals surface area contributed by atoms with Crippen LogP contribution in [-0.2, 0) is 9.53 Å². The van der Waals surface area contributed by atoms with Crippen LogP contribution in [-0.4, -0.2) is 49.9 Å². The molecule has 0 aliphatic carbocycles. The average molecular weight is 222 g/mol. The number of hydrogen-bond acceptors (Lipinski definition) is 4. The van der Waals surface area contributed by atoms with Crippen LogP contribution >= 0.6 is 0 Å². The van der Waals surface area contributed by atoms with Crippen molar-refractivity contribution in [1.29, 1.82) is 0 Å². The van der Waals surface area contributed by atoms with Crippen LogP contribution in [0.25, 0.3) is 0 Å². The van der Waals surface area contributed by atoms with Gasteiger partial charge >= 0.3 is 5.97 Å². The fourth-order valence-electron chi connectivity index (χ4n) is 1.61. The zero-order valence-electron chi connectivity index (χ0n) is 9.85. The minimum absolute atomic E-state index is 0.143. The molecule has 0 radical (unpaired) electrons. The number of allylic oxidation sites excluding steroid dienone is 1. The zero-order chi connectivity index (χ0) is 12.0. The van der Waals surface area contributed by atoms with Crippen molar-refractivity contribution in [3.8, 4) is 0 Å². The normalized spacial score (nSPS) is 23.4. The molecule has 0 bridgehead atoms. The lowest BCUT2D eigenvalue weighted by Crippen LogP contribution is -2.47. The van der Waals surface area contributed by atoms with E-state index in [1.165, 1.54) is 6.08 Å². The summed E-state index contributed by atoms with van der Waals surface area (Å²) in [5.41, 5.74) is -0.143. The van der Waals surface area contributed by atoms with Gasteiger partial charge in [0.05, 0.1) is 18.7 Å². The summed E-state index contributed by atoms with van der Waals surface area (Å²) >= 11 is 0. The molecule has 4 nitrogen and oxygen atoms in total. The standard InChI is InChI=1S/C12H18N2O2/c1-4-11(15)16-9-7-12(14(2)3)6-5-8-13-10-12/h4-6,8H,1,7,9-10H2,2-3H3. The Bertz CT molecular complexity index is 321. The van der Waals surface area contributed by atoms with Crippen LogP contribution < -0.4 is 0 Å². The summed E-state index contributed by atoms with van der Waals surface area (Å²) in [6, 6.07) is 0. The molecule has 0 aromatic rings. The summed E-state index contributed by atoms with van der Waals surface area (Å²) in [6.07, 6.45) is 7.72. The first kappa shape index (κ1) is 12.6. The summed E-state index contributed by atoms with van der Waals surface area (Å²) in [7, 11) is 4.00. The predicted molar refractivity (Wildman–Crippen MR) is 64.7 cm³/mol. The summed E-state index contributed by atoms with van der Waals surface area (Å²) in [5, 5.41) is 0. The maximum absolute atomic E-state index is 10.9. The van der Waals surface area contributed by atoms with Crippen LogP contribution in [0.2, 0.25) is 0 Å². The highest BCUT2D eigenvalue weighted by atomic mass is 16.5. The van der Waals surface area contributed by atoms with E-state index < -0.39 is 0 Å². The van der Waals surface area contributed by atoms with Gasteiger partial charge in [-0.25, -0.2) is 4.79 Å². The van der Waals surface area contributed by atoms with E-state index in [1.54, 1.807) is 6.21 Å². The lowest BCUT2D eigenvalue weighted by atomic mass is 9.92. The molecule has 1 aliphatic heterocycles. The number of carbonyl (C=O) groups is 1. The number of esters is 1. The fourth-order valence-corrected chi connectivity index (χ4v) is 1.61. The van der Waals surface area contributed by atoms with E-state index in [2.05, 4.69) is 22.5 Å². The van der Waals surface area contributed by atoms with Gasteiger partial charge in [-0.15, -0.1) is 0 Å². The van der Waals surface area contributed by atoms with E-state index in [9.17, 15) is 4.79 Å². The number of carbonyl (C=O) groups excluding carboxylic acids is 1. The van der Waals surface area contributed by atoms with Crippen molar-refractivity contribution in [2.75, 3.05) is 27.2 Å². The quantitative estimate of drug-likeness (QED) is 0.515. The number of rotatable bonds is 5. The second-order valence-electron chi connectivity index (χ2n) is 3.97. The molecule has 0 amide bonds. The number of dihydropyridines is 1. The van der Waals surface area contributed by atoms with Crippen molar-refractivity contribution >= 4 is 12.2 Å². The fraction of sp³-hybridized carbons (Fsp3) is 0.500. The van der Waals surface area contributed by atoms with E-state index >= 15 is 0 Å². The predicted octanol–water partition coefficient (Wildman–Crippen LogP) is 1.05. The molecule has 1 heterocycles. The van der Waals surface area contributed by atoms with Crippen LogP contribution in [0.3, 0.4) is 0 Å². The van der Waals surface area contributed by atoms with Crippen LogP contribution in [0.1, 0.15) is 6.42 Å². The molecule has 0 saturated carbocycles. The van der Waals surface area contributed by atoms with E-state index in [1.807, 2.05) is 20.2 Å². The molecule has 0 saturated heterocycles. The Kier molecular flexibility index (Phi) is 4.43. The molecule has 0 spiro atoms. The molecule has 1 aliphatic rings. The summed E-state index contributed by atoms with van der Waals surface area (Å²) in [5.74, 6) is -0.378. The third kappa shape index (κ3) is 3.03. The Labute approximate surface area is 96.3 Å². The zero-order valence-corrected chi connectivity index (χ0v) is 9.85. The maximum Gasteiger partial charge on any atom is 0.330 e. The van der Waals surface area contributed by atoms with E-state index in [4.69, 9.17) is 4.74 Å². The van der Waals surface area contributed by atoms with Crippen LogP contribution in [0.5, 0.6) is 0 Å². The first-order valence-electron chi connectivity index (χ1n) is 5.25. The molecule has 1 rings (SSSR count). The third-order valence-corrected chi connectivity index (χ3v) is 2.80. The Morgan fingerprint density at radius 1 is 1.69 bits per heavy atom. The molecule has 0 N–H and O–H groups in total. The van der Waals surface area contributed by atoms with Crippen LogP contribution in [0, 0.1) is 0 Å². The Hall–Kier alpha value is -1.42. The van der Waals surface area contributed by atoms with Gasteiger partial charge in [-0.1, -0.05) is 12.7 Å². The monoisotopic (exact) mass is 222 g/mol. The molecule has 1 atom stereocenters. The number of aliphatic imine (C=N–C) groups is 1. The van der Waals surface area contributed by atoms with E-state index in [0.29, 0.717) is 13.2 Å². The van der Waals surface area contributed by atoms with Gasteiger partial charge in [0.15, 0.2) is 0 Å².